The van der Waals surface area contributed by atoms with Crippen LogP contribution in [0, 0.1) is 6.92 Å². The molecule has 17 heavy (non-hydrogen) atoms. The lowest BCUT2D eigenvalue weighted by atomic mass is 10.0. The molecule has 1 aromatic heterocycles. The van der Waals surface area contributed by atoms with Gasteiger partial charge in [0.1, 0.15) is 5.58 Å². The van der Waals surface area contributed by atoms with Gasteiger partial charge in [-0.2, -0.15) is 0 Å². The average Bonchev–Trinajstić information content (AvgIpc) is 2.99. The number of fused-ring (bicyclic) bond motifs is 1. The second-order valence-corrected chi connectivity index (χ2v) is 4.96. The Bertz CT molecular complexity index is 623. The molecule has 1 aliphatic rings. The molecule has 1 heterocycles. The number of carboxylic acid groups (broad SMARTS) is 1. The second kappa shape index (κ2) is 3.50. The van der Waals surface area contributed by atoms with E-state index in [1.165, 1.54) is 0 Å². The Morgan fingerprint density at radius 1 is 1.47 bits per heavy atom. The normalized spacial score (nSPS) is 15.4. The zero-order valence-corrected chi connectivity index (χ0v) is 10.0. The van der Waals surface area contributed by atoms with E-state index >= 15 is 0 Å². The van der Waals surface area contributed by atoms with Crippen molar-refractivity contribution in [1.29, 1.82) is 0 Å². The molecule has 1 fully saturated rings. The molecule has 1 aromatic carbocycles. The van der Waals surface area contributed by atoms with Crippen molar-refractivity contribution in [3.8, 4) is 0 Å². The van der Waals surface area contributed by atoms with E-state index in [9.17, 15) is 9.90 Å². The average molecular weight is 251 g/mol. The Morgan fingerprint density at radius 3 is 2.76 bits per heavy atom. The first-order valence-corrected chi connectivity index (χ1v) is 5.91. The fourth-order valence-electron chi connectivity index (χ4n) is 2.28. The summed E-state index contributed by atoms with van der Waals surface area (Å²) in [5.74, 6) is -0.605. The van der Waals surface area contributed by atoms with Crippen molar-refractivity contribution in [2.75, 3.05) is 0 Å². The van der Waals surface area contributed by atoms with Gasteiger partial charge in [0.25, 0.3) is 0 Å². The van der Waals surface area contributed by atoms with E-state index in [0.29, 0.717) is 16.5 Å². The fraction of sp³-hybridized carbons (Fsp3) is 0.308. The largest absolute Gasteiger partial charge is 0.475 e. The zero-order valence-electron chi connectivity index (χ0n) is 9.29. The summed E-state index contributed by atoms with van der Waals surface area (Å²) in [6, 6.07) is 3.59. The maximum absolute atomic E-state index is 11.2. The molecule has 0 radical (unpaired) electrons. The van der Waals surface area contributed by atoms with Crippen LogP contribution in [0.3, 0.4) is 0 Å². The van der Waals surface area contributed by atoms with Crippen molar-refractivity contribution in [1.82, 2.24) is 0 Å². The van der Waals surface area contributed by atoms with Crippen LogP contribution in [0.25, 0.3) is 11.0 Å². The topological polar surface area (TPSA) is 50.4 Å². The maximum atomic E-state index is 11.2. The summed E-state index contributed by atoms with van der Waals surface area (Å²) in [7, 11) is 0. The van der Waals surface area contributed by atoms with Crippen LogP contribution in [0.15, 0.2) is 16.5 Å². The lowest BCUT2D eigenvalue weighted by Crippen LogP contribution is -1.97. The molecule has 0 bridgehead atoms. The van der Waals surface area contributed by atoms with Crippen LogP contribution in [0.4, 0.5) is 0 Å². The first-order chi connectivity index (χ1) is 8.08. The van der Waals surface area contributed by atoms with E-state index in [1.54, 1.807) is 12.1 Å². The van der Waals surface area contributed by atoms with E-state index in [4.69, 9.17) is 16.0 Å². The summed E-state index contributed by atoms with van der Waals surface area (Å²) in [5.41, 5.74) is 2.34. The van der Waals surface area contributed by atoms with E-state index in [2.05, 4.69) is 0 Å². The van der Waals surface area contributed by atoms with E-state index in [1.807, 2.05) is 6.92 Å². The number of halogens is 1. The van der Waals surface area contributed by atoms with Crippen LogP contribution in [-0.4, -0.2) is 11.1 Å². The molecule has 0 unspecified atom stereocenters. The minimum atomic E-state index is -1.00. The molecule has 3 nitrogen and oxygen atoms in total. The van der Waals surface area contributed by atoms with Crippen LogP contribution in [0.2, 0.25) is 5.02 Å². The van der Waals surface area contributed by atoms with Gasteiger partial charge >= 0.3 is 5.97 Å². The van der Waals surface area contributed by atoms with Gasteiger partial charge in [-0.1, -0.05) is 11.6 Å². The molecule has 0 spiro atoms. The maximum Gasteiger partial charge on any atom is 0.372 e. The van der Waals surface area contributed by atoms with Crippen molar-refractivity contribution >= 4 is 28.5 Å². The summed E-state index contributed by atoms with van der Waals surface area (Å²) in [4.78, 5) is 11.2. The van der Waals surface area contributed by atoms with Crippen molar-refractivity contribution in [3.63, 3.8) is 0 Å². The van der Waals surface area contributed by atoms with Gasteiger partial charge in [0.2, 0.25) is 5.76 Å². The molecule has 0 amide bonds. The monoisotopic (exact) mass is 250 g/mol. The van der Waals surface area contributed by atoms with Gasteiger partial charge in [-0.3, -0.25) is 0 Å². The number of rotatable bonds is 2. The van der Waals surface area contributed by atoms with Gasteiger partial charge in [-0.05, 0) is 43.4 Å². The molecular weight excluding hydrogens is 240 g/mol. The summed E-state index contributed by atoms with van der Waals surface area (Å²) >= 11 is 6.02. The lowest BCUT2D eigenvalue weighted by molar-refractivity contribution is 0.0663. The number of hydrogen-bond donors (Lipinski definition) is 1. The molecule has 3 rings (SSSR count). The van der Waals surface area contributed by atoms with Crippen LogP contribution < -0.4 is 0 Å². The number of hydrogen-bond acceptors (Lipinski definition) is 2. The van der Waals surface area contributed by atoms with Crippen molar-refractivity contribution in [2.45, 2.75) is 25.7 Å². The Labute approximate surface area is 103 Å². The number of carbonyl (C=O) groups is 1. The molecule has 1 saturated carbocycles. The van der Waals surface area contributed by atoms with Gasteiger partial charge in [-0.25, -0.2) is 4.79 Å². The highest BCUT2D eigenvalue weighted by atomic mass is 35.5. The van der Waals surface area contributed by atoms with Crippen molar-refractivity contribution in [3.05, 3.63) is 34.0 Å². The Morgan fingerprint density at radius 2 is 2.18 bits per heavy atom. The molecule has 1 aliphatic carbocycles. The van der Waals surface area contributed by atoms with Gasteiger partial charge in [0.15, 0.2) is 0 Å². The molecule has 2 aromatic rings. The molecular formula is C13H11ClO3. The number of aromatic carboxylic acids is 1. The third-order valence-corrected chi connectivity index (χ3v) is 3.38. The van der Waals surface area contributed by atoms with Crippen LogP contribution >= 0.6 is 11.6 Å². The first kappa shape index (κ1) is 10.7. The minimum Gasteiger partial charge on any atom is -0.475 e. The van der Waals surface area contributed by atoms with Gasteiger partial charge < -0.3 is 9.52 Å². The summed E-state index contributed by atoms with van der Waals surface area (Å²) < 4.78 is 5.49. The van der Waals surface area contributed by atoms with Gasteiger partial charge in [-0.15, -0.1) is 0 Å². The van der Waals surface area contributed by atoms with Gasteiger partial charge in [0.05, 0.1) is 0 Å². The van der Waals surface area contributed by atoms with Crippen molar-refractivity contribution < 1.29 is 14.3 Å². The molecule has 0 atom stereocenters. The predicted octanol–water partition coefficient (Wildman–Crippen LogP) is 3.97. The third-order valence-electron chi connectivity index (χ3n) is 3.16. The smallest absolute Gasteiger partial charge is 0.372 e. The highest BCUT2D eigenvalue weighted by Crippen LogP contribution is 2.47. The number of aryl methyl sites for hydroxylation is 1. The van der Waals surface area contributed by atoms with Crippen LogP contribution in [0.1, 0.15) is 40.4 Å². The first-order valence-electron chi connectivity index (χ1n) is 5.53. The van der Waals surface area contributed by atoms with Crippen molar-refractivity contribution in [2.24, 2.45) is 0 Å². The SMILES string of the molecule is Cc1cc(Cl)cc2c(C3CC3)c(C(=O)O)oc12. The van der Waals surface area contributed by atoms with Crippen LogP contribution in [-0.2, 0) is 0 Å². The summed E-state index contributed by atoms with van der Waals surface area (Å²) in [5, 5.41) is 10.7. The quantitative estimate of drug-likeness (QED) is 0.877. The van der Waals surface area contributed by atoms with E-state index in [-0.39, 0.29) is 5.76 Å². The van der Waals surface area contributed by atoms with Gasteiger partial charge in [0, 0.05) is 16.0 Å². The molecule has 1 N–H and O–H groups in total. The highest BCUT2D eigenvalue weighted by molar-refractivity contribution is 6.31. The second-order valence-electron chi connectivity index (χ2n) is 4.52. The molecule has 88 valence electrons. The number of benzene rings is 1. The Hall–Kier alpha value is -1.48. The minimum absolute atomic E-state index is 0.0767. The zero-order chi connectivity index (χ0) is 12.2. The molecule has 4 heteroatoms. The number of furan rings is 1. The van der Waals surface area contributed by atoms with E-state index < -0.39 is 5.97 Å². The fourth-order valence-corrected chi connectivity index (χ4v) is 2.55. The van der Waals surface area contributed by atoms with Crippen LogP contribution in [0.5, 0.6) is 0 Å². The Kier molecular flexibility index (Phi) is 2.20. The highest BCUT2D eigenvalue weighted by Gasteiger charge is 2.33. The predicted molar refractivity (Wildman–Crippen MR) is 64.9 cm³/mol. The number of carboxylic acids is 1. The summed E-state index contributed by atoms with van der Waals surface area (Å²) in [6.07, 6.45) is 2.06. The summed E-state index contributed by atoms with van der Waals surface area (Å²) in [6.45, 7) is 1.88. The van der Waals surface area contributed by atoms with E-state index in [0.717, 1.165) is 29.4 Å². The lowest BCUT2D eigenvalue weighted by Gasteiger charge is -1.98. The standard InChI is InChI=1S/C13H11ClO3/c1-6-4-8(14)5-9-10(7-2-3-7)12(13(15)16)17-11(6)9/h4-5,7H,2-3H2,1H3,(H,15,16). The molecule has 0 saturated heterocycles. The third kappa shape index (κ3) is 1.62. The molecule has 0 aliphatic heterocycles. The Balaban J connectivity index is 2.38.